The van der Waals surface area contributed by atoms with Crippen molar-refractivity contribution in [3.8, 4) is 0 Å². The maximum atomic E-state index is 12.4. The fourth-order valence-corrected chi connectivity index (χ4v) is 6.92. The molecular weight excluding hydrogens is 564 g/mol. The Morgan fingerprint density at radius 3 is 1.34 bits per heavy atom. The van der Waals surface area contributed by atoms with Crippen LogP contribution in [0.5, 0.6) is 0 Å². The van der Waals surface area contributed by atoms with Gasteiger partial charge in [0.15, 0.2) is 0 Å². The molecule has 224 valence electrons. The molecule has 2 N–H and O–H groups in total. The van der Waals surface area contributed by atoms with Crippen LogP contribution in [0.4, 0.5) is 11.4 Å². The van der Waals surface area contributed by atoms with E-state index in [1.165, 1.54) is 6.07 Å². The first-order valence-electron chi connectivity index (χ1n) is 13.8. The predicted molar refractivity (Wildman–Crippen MR) is 162 cm³/mol. The van der Waals surface area contributed by atoms with Crippen molar-refractivity contribution in [3.05, 3.63) is 83.4 Å². The Bertz CT molecular complexity index is 1460. The summed E-state index contributed by atoms with van der Waals surface area (Å²) in [4.78, 5) is 2.53. The summed E-state index contributed by atoms with van der Waals surface area (Å²) in [5.74, 6) is 0. The molecule has 0 aliphatic carbocycles. The standard InChI is InChI=1S/C30H40N2O7S2/c1-6-21-39-30(23-11-16-26(17-12-23)31(7-2)8-3,24-13-18-27(19-14-24)32(9-4)10-5)25-15-20-28(40(33,34)35)29(22-25)41(36,37)38/h11-20,22H,6-10,21H2,1-5H3,(H,33,34,35)(H,36,37,38). The summed E-state index contributed by atoms with van der Waals surface area (Å²) in [6.07, 6.45) is 0.644. The average molecular weight is 605 g/mol. The summed E-state index contributed by atoms with van der Waals surface area (Å²) < 4.78 is 75.1. The van der Waals surface area contributed by atoms with E-state index < -0.39 is 35.6 Å². The highest BCUT2D eigenvalue weighted by molar-refractivity contribution is 7.89. The average Bonchev–Trinajstić information content (AvgIpc) is 2.95. The van der Waals surface area contributed by atoms with E-state index in [0.29, 0.717) is 17.5 Å². The number of benzene rings is 3. The third kappa shape index (κ3) is 6.92. The minimum atomic E-state index is -5.04. The Morgan fingerprint density at radius 1 is 0.610 bits per heavy atom. The van der Waals surface area contributed by atoms with Crippen molar-refractivity contribution in [2.45, 2.75) is 56.4 Å². The van der Waals surface area contributed by atoms with Gasteiger partial charge in [0.05, 0.1) is 0 Å². The molecule has 41 heavy (non-hydrogen) atoms. The molecule has 0 amide bonds. The van der Waals surface area contributed by atoms with Crippen molar-refractivity contribution in [1.82, 2.24) is 0 Å². The molecule has 0 aromatic heterocycles. The van der Waals surface area contributed by atoms with Gasteiger partial charge in [-0.1, -0.05) is 37.3 Å². The van der Waals surface area contributed by atoms with Crippen molar-refractivity contribution >= 4 is 31.6 Å². The summed E-state index contributed by atoms with van der Waals surface area (Å²) in [5.41, 5.74) is 2.26. The number of nitrogens with zero attached hydrogens (tertiary/aromatic N) is 2. The topological polar surface area (TPSA) is 124 Å². The predicted octanol–water partition coefficient (Wildman–Crippen LogP) is 5.59. The molecule has 0 aliphatic heterocycles. The van der Waals surface area contributed by atoms with E-state index >= 15 is 0 Å². The van der Waals surface area contributed by atoms with Crippen LogP contribution >= 0.6 is 0 Å². The molecule has 0 radical (unpaired) electrons. The molecule has 11 heteroatoms. The monoisotopic (exact) mass is 604 g/mol. The van der Waals surface area contributed by atoms with Crippen molar-refractivity contribution < 1.29 is 30.7 Å². The second-order valence-corrected chi connectivity index (χ2v) is 12.4. The van der Waals surface area contributed by atoms with E-state index in [-0.39, 0.29) is 12.2 Å². The van der Waals surface area contributed by atoms with Gasteiger partial charge in [0.1, 0.15) is 15.4 Å². The molecule has 9 nitrogen and oxygen atoms in total. The van der Waals surface area contributed by atoms with Crippen LogP contribution in [0.3, 0.4) is 0 Å². The van der Waals surface area contributed by atoms with Crippen LogP contribution in [-0.2, 0) is 30.6 Å². The zero-order valence-corrected chi connectivity index (χ0v) is 25.9. The molecule has 0 atom stereocenters. The fraction of sp³-hybridized carbons (Fsp3) is 0.400. The Morgan fingerprint density at radius 2 is 1.00 bits per heavy atom. The normalized spacial score (nSPS) is 12.4. The molecule has 3 rings (SSSR count). The Hall–Kier alpha value is -2.96. The van der Waals surface area contributed by atoms with E-state index in [1.54, 1.807) is 0 Å². The highest BCUT2D eigenvalue weighted by Crippen LogP contribution is 2.43. The maximum absolute atomic E-state index is 12.4. The van der Waals surface area contributed by atoms with Gasteiger partial charge in [-0.25, -0.2) is 0 Å². The lowest BCUT2D eigenvalue weighted by Gasteiger charge is -2.37. The molecule has 0 aliphatic rings. The van der Waals surface area contributed by atoms with Gasteiger partial charge in [-0.05, 0) is 87.2 Å². The first-order valence-corrected chi connectivity index (χ1v) is 16.7. The minimum Gasteiger partial charge on any atom is -0.372 e. The highest BCUT2D eigenvalue weighted by atomic mass is 32.2. The number of ether oxygens (including phenoxy) is 1. The zero-order chi connectivity index (χ0) is 30.4. The molecular formula is C30H40N2O7S2. The Balaban J connectivity index is 2.41. The van der Waals surface area contributed by atoms with Crippen LogP contribution in [0, 0.1) is 0 Å². The van der Waals surface area contributed by atoms with Gasteiger partial charge < -0.3 is 14.5 Å². The fourth-order valence-electron chi connectivity index (χ4n) is 5.14. The Labute approximate surface area is 244 Å². The number of hydrogen-bond acceptors (Lipinski definition) is 7. The van der Waals surface area contributed by atoms with Crippen molar-refractivity contribution in [2.24, 2.45) is 0 Å². The minimum absolute atomic E-state index is 0.275. The van der Waals surface area contributed by atoms with E-state index in [2.05, 4.69) is 37.5 Å². The van der Waals surface area contributed by atoms with Gasteiger partial charge in [-0.15, -0.1) is 0 Å². The third-order valence-corrected chi connectivity index (χ3v) is 9.17. The highest BCUT2D eigenvalue weighted by Gasteiger charge is 2.39. The first kappa shape index (κ1) is 32.6. The molecule has 0 heterocycles. The van der Waals surface area contributed by atoms with Crippen molar-refractivity contribution in [3.63, 3.8) is 0 Å². The maximum Gasteiger partial charge on any atom is 0.295 e. The smallest absolute Gasteiger partial charge is 0.295 e. The third-order valence-electron chi connectivity index (χ3n) is 7.23. The lowest BCUT2D eigenvalue weighted by atomic mass is 9.79. The van der Waals surface area contributed by atoms with Crippen molar-refractivity contribution in [2.75, 3.05) is 42.6 Å². The lowest BCUT2D eigenvalue weighted by Crippen LogP contribution is -2.34. The second-order valence-electron chi connectivity index (χ2n) is 9.58. The van der Waals surface area contributed by atoms with Crippen LogP contribution in [0.1, 0.15) is 57.7 Å². The molecule has 0 bridgehead atoms. The number of anilines is 2. The summed E-state index contributed by atoms with van der Waals surface area (Å²) in [6.45, 7) is 13.8. The SMILES string of the molecule is CCCOC(c1ccc(N(CC)CC)cc1)(c1ccc(N(CC)CC)cc1)c1ccc(S(=O)(=O)O)c(S(=O)(=O)O)c1. The van der Waals surface area contributed by atoms with Gasteiger partial charge in [0, 0.05) is 44.2 Å². The quantitative estimate of drug-likeness (QED) is 0.179. The van der Waals surface area contributed by atoms with E-state index in [4.69, 9.17) is 4.74 Å². The van der Waals surface area contributed by atoms with Crippen molar-refractivity contribution in [1.29, 1.82) is 0 Å². The summed E-state index contributed by atoms with van der Waals surface area (Å²) in [5, 5.41) is 0. The number of rotatable bonds is 14. The van der Waals surface area contributed by atoms with Gasteiger partial charge in [0.25, 0.3) is 20.2 Å². The lowest BCUT2D eigenvalue weighted by molar-refractivity contribution is 0.0131. The van der Waals surface area contributed by atoms with Crippen LogP contribution in [0.2, 0.25) is 0 Å². The number of hydrogen-bond donors (Lipinski definition) is 2. The zero-order valence-electron chi connectivity index (χ0n) is 24.2. The molecule has 3 aromatic rings. The second kappa shape index (κ2) is 13.3. The van der Waals surface area contributed by atoms with E-state index in [0.717, 1.165) is 49.7 Å². The van der Waals surface area contributed by atoms with E-state index in [1.807, 2.05) is 55.5 Å². The van der Waals surface area contributed by atoms with Gasteiger partial charge in [0.2, 0.25) is 0 Å². The van der Waals surface area contributed by atoms with E-state index in [9.17, 15) is 25.9 Å². The van der Waals surface area contributed by atoms with Crippen LogP contribution < -0.4 is 9.80 Å². The molecule has 3 aromatic carbocycles. The summed E-state index contributed by atoms with van der Waals surface area (Å²) in [7, 11) is -10.00. The molecule has 0 saturated heterocycles. The van der Waals surface area contributed by atoms with Crippen LogP contribution in [-0.4, -0.2) is 58.7 Å². The Kier molecular flexibility index (Phi) is 10.6. The molecule has 0 spiro atoms. The molecule has 0 unspecified atom stereocenters. The molecule has 0 fully saturated rings. The van der Waals surface area contributed by atoms with Gasteiger partial charge in [-0.2, -0.15) is 16.8 Å². The first-order chi connectivity index (χ1) is 19.4. The van der Waals surface area contributed by atoms with Gasteiger partial charge >= 0.3 is 0 Å². The largest absolute Gasteiger partial charge is 0.372 e. The summed E-state index contributed by atoms with van der Waals surface area (Å²) in [6, 6.07) is 18.9. The van der Waals surface area contributed by atoms with Gasteiger partial charge in [-0.3, -0.25) is 9.11 Å². The summed E-state index contributed by atoms with van der Waals surface area (Å²) >= 11 is 0. The van der Waals surface area contributed by atoms with Crippen LogP contribution in [0.25, 0.3) is 0 Å². The molecule has 0 saturated carbocycles. The van der Waals surface area contributed by atoms with Crippen LogP contribution in [0.15, 0.2) is 76.5 Å².